The first-order valence-electron chi connectivity index (χ1n) is 11.3. The van der Waals surface area contributed by atoms with Crippen LogP contribution in [0.15, 0.2) is 24.3 Å². The first kappa shape index (κ1) is 21.8. The van der Waals surface area contributed by atoms with Crippen LogP contribution in [0.3, 0.4) is 0 Å². The van der Waals surface area contributed by atoms with E-state index in [9.17, 15) is 18.8 Å². The van der Waals surface area contributed by atoms with E-state index in [1.165, 1.54) is 38.3 Å². The number of halogens is 1. The molecule has 1 aromatic carbocycles. The van der Waals surface area contributed by atoms with Gasteiger partial charge in [0.25, 0.3) is 5.91 Å². The van der Waals surface area contributed by atoms with Crippen LogP contribution in [0.25, 0.3) is 0 Å². The highest BCUT2D eigenvalue weighted by molar-refractivity contribution is 5.86. The predicted molar refractivity (Wildman–Crippen MR) is 112 cm³/mol. The predicted octanol–water partition coefficient (Wildman–Crippen LogP) is 3.10. The molecule has 6 nitrogen and oxygen atoms in total. The molecule has 0 aromatic heterocycles. The molecule has 4 saturated carbocycles. The Bertz CT molecular complexity index is 803. The topological polar surface area (TPSA) is 84.5 Å². The van der Waals surface area contributed by atoms with Crippen molar-refractivity contribution < 1.29 is 23.5 Å². The quantitative estimate of drug-likeness (QED) is 0.621. The van der Waals surface area contributed by atoms with E-state index in [1.54, 1.807) is 12.1 Å². The summed E-state index contributed by atoms with van der Waals surface area (Å²) in [6, 6.07) is 5.78. The molecule has 0 unspecified atom stereocenters. The molecule has 0 heterocycles. The molecule has 0 spiro atoms. The number of amides is 2. The second-order valence-electron chi connectivity index (χ2n) is 9.85. The number of rotatable bonds is 8. The van der Waals surface area contributed by atoms with Crippen LogP contribution in [0.4, 0.5) is 4.39 Å². The summed E-state index contributed by atoms with van der Waals surface area (Å²) in [5, 5.41) is 5.33. The summed E-state index contributed by atoms with van der Waals surface area (Å²) in [7, 11) is 0. The molecule has 0 aliphatic heterocycles. The van der Waals surface area contributed by atoms with Gasteiger partial charge < -0.3 is 15.4 Å². The van der Waals surface area contributed by atoms with Crippen molar-refractivity contribution in [3.63, 3.8) is 0 Å². The minimum Gasteiger partial charge on any atom is -0.451 e. The third-order valence-corrected chi connectivity index (χ3v) is 7.19. The van der Waals surface area contributed by atoms with Crippen molar-refractivity contribution in [2.24, 2.45) is 23.2 Å². The van der Waals surface area contributed by atoms with Gasteiger partial charge >= 0.3 is 5.97 Å². The molecule has 4 aliphatic rings. The summed E-state index contributed by atoms with van der Waals surface area (Å²) in [6.07, 6.45) is 6.91. The summed E-state index contributed by atoms with van der Waals surface area (Å²) in [4.78, 5) is 36.7. The van der Waals surface area contributed by atoms with Crippen LogP contribution < -0.4 is 10.6 Å². The van der Waals surface area contributed by atoms with Crippen molar-refractivity contribution in [2.75, 3.05) is 6.54 Å². The maximum absolute atomic E-state index is 12.9. The molecule has 1 atom stereocenters. The fourth-order valence-corrected chi connectivity index (χ4v) is 6.31. The van der Waals surface area contributed by atoms with Crippen LogP contribution in [0.2, 0.25) is 0 Å². The highest BCUT2D eigenvalue weighted by Crippen LogP contribution is 2.61. The molecule has 0 radical (unpaired) electrons. The molecule has 4 aliphatic carbocycles. The van der Waals surface area contributed by atoms with Gasteiger partial charge in [-0.25, -0.2) is 4.39 Å². The number of esters is 1. The second kappa shape index (κ2) is 8.97. The van der Waals surface area contributed by atoms with Gasteiger partial charge in [0.1, 0.15) is 12.4 Å². The number of ether oxygens (including phenoxy) is 1. The van der Waals surface area contributed by atoms with Crippen LogP contribution in [-0.4, -0.2) is 30.4 Å². The Morgan fingerprint density at radius 1 is 1.03 bits per heavy atom. The number of nitrogens with one attached hydrogen (secondary N) is 2. The van der Waals surface area contributed by atoms with Crippen molar-refractivity contribution in [3.05, 3.63) is 35.6 Å². The Balaban J connectivity index is 1.17. The maximum Gasteiger partial charge on any atom is 0.326 e. The van der Waals surface area contributed by atoms with Crippen molar-refractivity contribution in [3.8, 4) is 0 Å². The van der Waals surface area contributed by atoms with Gasteiger partial charge in [-0.05, 0) is 86.3 Å². The van der Waals surface area contributed by atoms with Crippen molar-refractivity contribution in [2.45, 2.75) is 64.5 Å². The average Bonchev–Trinajstić information content (AvgIpc) is 2.70. The Labute approximate surface area is 182 Å². The standard InChI is InChI=1S/C24H31FN2O4/c1-15(23(30)27-13-16-2-4-20(25)5-3-16)31-22(29)14-26-21(28)12-24-9-17-6-18(10-24)8-19(7-17)11-24/h2-5,15,17-19H,6-14H2,1H3,(H,26,28)(H,27,30)/t15-,17?,18?,19?,24?/m1/s1. The van der Waals surface area contributed by atoms with E-state index in [0.29, 0.717) is 6.42 Å². The van der Waals surface area contributed by atoms with E-state index in [2.05, 4.69) is 10.6 Å². The molecule has 168 valence electrons. The molecule has 4 fully saturated rings. The zero-order valence-corrected chi connectivity index (χ0v) is 18.0. The molecule has 0 saturated heterocycles. The lowest BCUT2D eigenvalue weighted by Crippen LogP contribution is -2.48. The van der Waals surface area contributed by atoms with Crippen LogP contribution in [-0.2, 0) is 25.7 Å². The molecule has 2 amide bonds. The highest BCUT2D eigenvalue weighted by Gasteiger charge is 2.51. The number of hydrogen-bond donors (Lipinski definition) is 2. The van der Waals surface area contributed by atoms with E-state index in [0.717, 1.165) is 42.6 Å². The third-order valence-electron chi connectivity index (χ3n) is 7.19. The van der Waals surface area contributed by atoms with Crippen LogP contribution in [0, 0.1) is 29.0 Å². The molecule has 4 bridgehead atoms. The van der Waals surface area contributed by atoms with Crippen molar-refractivity contribution in [1.29, 1.82) is 0 Å². The van der Waals surface area contributed by atoms with E-state index >= 15 is 0 Å². The lowest BCUT2D eigenvalue weighted by molar-refractivity contribution is -0.154. The smallest absolute Gasteiger partial charge is 0.326 e. The zero-order chi connectivity index (χ0) is 22.0. The Kier molecular flexibility index (Phi) is 6.30. The zero-order valence-electron chi connectivity index (χ0n) is 18.0. The van der Waals surface area contributed by atoms with Gasteiger partial charge in [-0.15, -0.1) is 0 Å². The fraction of sp³-hybridized carbons (Fsp3) is 0.625. The lowest BCUT2D eigenvalue weighted by atomic mass is 9.49. The van der Waals surface area contributed by atoms with Crippen LogP contribution in [0.5, 0.6) is 0 Å². The Hall–Kier alpha value is -2.44. The third kappa shape index (κ3) is 5.43. The van der Waals surface area contributed by atoms with Gasteiger partial charge in [0, 0.05) is 13.0 Å². The largest absolute Gasteiger partial charge is 0.451 e. The van der Waals surface area contributed by atoms with Gasteiger partial charge in [0.05, 0.1) is 0 Å². The summed E-state index contributed by atoms with van der Waals surface area (Å²) < 4.78 is 18.1. The molecule has 5 rings (SSSR count). The van der Waals surface area contributed by atoms with Gasteiger partial charge in [0.2, 0.25) is 5.91 Å². The second-order valence-corrected chi connectivity index (χ2v) is 9.85. The molecule has 2 N–H and O–H groups in total. The van der Waals surface area contributed by atoms with Crippen molar-refractivity contribution in [1.82, 2.24) is 10.6 Å². The lowest BCUT2D eigenvalue weighted by Gasteiger charge is -2.56. The average molecular weight is 431 g/mol. The monoisotopic (exact) mass is 430 g/mol. The molecule has 1 aromatic rings. The number of carbonyl (C=O) groups is 3. The molecular formula is C24H31FN2O4. The molecule has 7 heteroatoms. The first-order valence-corrected chi connectivity index (χ1v) is 11.3. The first-order chi connectivity index (χ1) is 14.8. The van der Waals surface area contributed by atoms with E-state index in [4.69, 9.17) is 4.74 Å². The molecule has 31 heavy (non-hydrogen) atoms. The fourth-order valence-electron chi connectivity index (χ4n) is 6.31. The number of hydrogen-bond acceptors (Lipinski definition) is 4. The van der Waals surface area contributed by atoms with E-state index < -0.39 is 18.0 Å². The van der Waals surface area contributed by atoms with Gasteiger partial charge in [-0.2, -0.15) is 0 Å². The van der Waals surface area contributed by atoms with E-state index in [1.807, 2.05) is 0 Å². The number of benzene rings is 1. The van der Waals surface area contributed by atoms with Crippen LogP contribution in [0.1, 0.15) is 57.4 Å². The minimum atomic E-state index is -0.979. The van der Waals surface area contributed by atoms with Gasteiger partial charge in [-0.3, -0.25) is 14.4 Å². The van der Waals surface area contributed by atoms with Gasteiger partial charge in [-0.1, -0.05) is 12.1 Å². The highest BCUT2D eigenvalue weighted by atomic mass is 19.1. The Morgan fingerprint density at radius 3 is 2.19 bits per heavy atom. The number of carbonyl (C=O) groups excluding carboxylic acids is 3. The van der Waals surface area contributed by atoms with E-state index in [-0.39, 0.29) is 30.2 Å². The summed E-state index contributed by atoms with van der Waals surface area (Å²) in [6.45, 7) is 1.46. The Morgan fingerprint density at radius 2 is 1.61 bits per heavy atom. The maximum atomic E-state index is 12.9. The van der Waals surface area contributed by atoms with Crippen molar-refractivity contribution >= 4 is 17.8 Å². The summed E-state index contributed by atoms with van der Waals surface area (Å²) in [5.41, 5.74) is 0.862. The molecular weight excluding hydrogens is 399 g/mol. The van der Waals surface area contributed by atoms with Crippen LogP contribution >= 0.6 is 0 Å². The normalized spacial score (nSPS) is 29.3. The summed E-state index contributed by atoms with van der Waals surface area (Å²) >= 11 is 0. The minimum absolute atomic E-state index is 0.104. The van der Waals surface area contributed by atoms with Gasteiger partial charge in [0.15, 0.2) is 6.10 Å². The summed E-state index contributed by atoms with van der Waals surface area (Å²) in [5.74, 6) is 0.797. The SMILES string of the molecule is C[C@@H](OC(=O)CNC(=O)CC12CC3CC(CC(C3)C1)C2)C(=O)NCc1ccc(F)cc1.